The Morgan fingerprint density at radius 3 is 2.25 bits per heavy atom. The van der Waals surface area contributed by atoms with Crippen LogP contribution in [-0.4, -0.2) is 37.3 Å². The Morgan fingerprint density at radius 1 is 1.12 bits per heavy atom. The molecule has 0 radical (unpaired) electrons. The minimum Gasteiger partial charge on any atom is -0.497 e. The molecule has 1 aliphatic carbocycles. The van der Waals surface area contributed by atoms with Crippen LogP contribution in [0.5, 0.6) is 5.75 Å². The van der Waals surface area contributed by atoms with Gasteiger partial charge in [-0.25, -0.2) is 0 Å². The van der Waals surface area contributed by atoms with Gasteiger partial charge in [-0.3, -0.25) is 9.59 Å². The summed E-state index contributed by atoms with van der Waals surface area (Å²) in [6.45, 7) is 4.17. The minimum atomic E-state index is -0.407. The van der Waals surface area contributed by atoms with Crippen LogP contribution in [0.25, 0.3) is 0 Å². The maximum Gasteiger partial charge on any atom is 0.228 e. The standard InChI is InChI=1S/C20H29NO3/c1-20(2,16-8-6-5-7-9-16)19(23)21(3)14-18(22)15-10-12-17(24-4)13-11-15/h10-13,16H,5-9,14H2,1-4H3. The molecule has 1 saturated carbocycles. The van der Waals surface area contributed by atoms with Crippen LogP contribution in [-0.2, 0) is 4.79 Å². The fourth-order valence-electron chi connectivity index (χ4n) is 3.65. The van der Waals surface area contributed by atoms with Crippen molar-refractivity contribution in [2.45, 2.75) is 46.0 Å². The van der Waals surface area contributed by atoms with Crippen molar-refractivity contribution in [3.8, 4) is 5.75 Å². The van der Waals surface area contributed by atoms with Crippen LogP contribution in [0, 0.1) is 11.3 Å². The summed E-state index contributed by atoms with van der Waals surface area (Å²) in [7, 11) is 3.32. The van der Waals surface area contributed by atoms with Gasteiger partial charge in [0.2, 0.25) is 5.91 Å². The Hall–Kier alpha value is -1.84. The van der Waals surface area contributed by atoms with Gasteiger partial charge in [0.05, 0.1) is 13.7 Å². The number of rotatable bonds is 6. The van der Waals surface area contributed by atoms with Crippen molar-refractivity contribution < 1.29 is 14.3 Å². The number of amides is 1. The number of benzene rings is 1. The zero-order chi connectivity index (χ0) is 17.7. The summed E-state index contributed by atoms with van der Waals surface area (Å²) in [5.74, 6) is 1.15. The van der Waals surface area contributed by atoms with E-state index in [1.807, 2.05) is 13.8 Å². The molecule has 0 saturated heterocycles. The topological polar surface area (TPSA) is 46.6 Å². The molecule has 132 valence electrons. The lowest BCUT2D eigenvalue weighted by Gasteiger charge is -2.38. The first kappa shape index (κ1) is 18.5. The number of carbonyl (C=O) groups excluding carboxylic acids is 2. The Morgan fingerprint density at radius 2 is 1.71 bits per heavy atom. The maximum absolute atomic E-state index is 12.9. The van der Waals surface area contributed by atoms with E-state index in [0.717, 1.165) is 18.6 Å². The average molecular weight is 331 g/mol. The molecule has 0 N–H and O–H groups in total. The van der Waals surface area contributed by atoms with E-state index in [2.05, 4.69) is 0 Å². The van der Waals surface area contributed by atoms with Gasteiger partial charge in [-0.1, -0.05) is 33.1 Å². The zero-order valence-electron chi connectivity index (χ0n) is 15.3. The van der Waals surface area contributed by atoms with Gasteiger partial charge in [0.25, 0.3) is 0 Å². The van der Waals surface area contributed by atoms with Crippen molar-refractivity contribution in [1.82, 2.24) is 4.90 Å². The van der Waals surface area contributed by atoms with Crippen molar-refractivity contribution in [3.05, 3.63) is 29.8 Å². The highest BCUT2D eigenvalue weighted by molar-refractivity contribution is 5.99. The monoisotopic (exact) mass is 331 g/mol. The van der Waals surface area contributed by atoms with E-state index < -0.39 is 5.41 Å². The number of Topliss-reactive ketones (excluding diaryl/α,β-unsaturated/α-hetero) is 1. The quantitative estimate of drug-likeness (QED) is 0.742. The van der Waals surface area contributed by atoms with Gasteiger partial charge in [-0.05, 0) is 43.0 Å². The Bertz CT molecular complexity index is 571. The zero-order valence-corrected chi connectivity index (χ0v) is 15.3. The molecule has 0 atom stereocenters. The molecule has 0 aromatic heterocycles. The van der Waals surface area contributed by atoms with Crippen LogP contribution in [0.15, 0.2) is 24.3 Å². The summed E-state index contributed by atoms with van der Waals surface area (Å²) < 4.78 is 5.10. The number of hydrogen-bond acceptors (Lipinski definition) is 3. The molecule has 1 amide bonds. The van der Waals surface area contributed by atoms with Gasteiger partial charge in [0.15, 0.2) is 5.78 Å². The third-order valence-electron chi connectivity index (χ3n) is 5.32. The molecule has 24 heavy (non-hydrogen) atoms. The van der Waals surface area contributed by atoms with Gasteiger partial charge in [0, 0.05) is 18.0 Å². The summed E-state index contributed by atoms with van der Waals surface area (Å²) in [5, 5.41) is 0. The summed E-state index contributed by atoms with van der Waals surface area (Å²) in [4.78, 5) is 26.9. The van der Waals surface area contributed by atoms with Crippen molar-refractivity contribution in [2.75, 3.05) is 20.7 Å². The summed E-state index contributed by atoms with van der Waals surface area (Å²) >= 11 is 0. The van der Waals surface area contributed by atoms with E-state index in [-0.39, 0.29) is 18.2 Å². The van der Waals surface area contributed by atoms with Gasteiger partial charge in [-0.2, -0.15) is 0 Å². The lowest BCUT2D eigenvalue weighted by molar-refractivity contribution is -0.142. The van der Waals surface area contributed by atoms with Crippen LogP contribution in [0.2, 0.25) is 0 Å². The van der Waals surface area contributed by atoms with E-state index in [1.54, 1.807) is 43.3 Å². The van der Waals surface area contributed by atoms with Gasteiger partial charge >= 0.3 is 0 Å². The highest BCUT2D eigenvalue weighted by atomic mass is 16.5. The number of carbonyl (C=O) groups is 2. The summed E-state index contributed by atoms with van der Waals surface area (Å²) in [6.07, 6.45) is 5.90. The molecule has 0 heterocycles. The smallest absolute Gasteiger partial charge is 0.228 e. The molecular formula is C20H29NO3. The SMILES string of the molecule is COc1ccc(C(=O)CN(C)C(=O)C(C)(C)C2CCCCC2)cc1. The highest BCUT2D eigenvalue weighted by Crippen LogP contribution is 2.39. The molecule has 2 rings (SSSR count). The minimum absolute atomic E-state index is 0.0482. The number of ketones is 1. The molecule has 1 aromatic carbocycles. The van der Waals surface area contributed by atoms with E-state index in [1.165, 1.54) is 19.3 Å². The molecule has 1 aliphatic rings. The average Bonchev–Trinajstić information content (AvgIpc) is 2.61. The van der Waals surface area contributed by atoms with Crippen molar-refractivity contribution >= 4 is 11.7 Å². The lowest BCUT2D eigenvalue weighted by Crippen LogP contribution is -2.45. The second-order valence-corrected chi connectivity index (χ2v) is 7.37. The Labute approximate surface area is 145 Å². The van der Waals surface area contributed by atoms with E-state index in [4.69, 9.17) is 4.74 Å². The molecule has 0 bridgehead atoms. The van der Waals surface area contributed by atoms with Gasteiger partial charge < -0.3 is 9.64 Å². The van der Waals surface area contributed by atoms with Crippen molar-refractivity contribution in [1.29, 1.82) is 0 Å². The molecule has 1 fully saturated rings. The van der Waals surface area contributed by atoms with Crippen molar-refractivity contribution in [2.24, 2.45) is 11.3 Å². The number of hydrogen-bond donors (Lipinski definition) is 0. The van der Waals surface area contributed by atoms with Crippen LogP contribution in [0.3, 0.4) is 0 Å². The number of methoxy groups -OCH3 is 1. The van der Waals surface area contributed by atoms with Crippen LogP contribution in [0.1, 0.15) is 56.3 Å². The Kier molecular flexibility index (Phi) is 6.03. The molecule has 1 aromatic rings. The first-order valence-corrected chi connectivity index (χ1v) is 8.79. The lowest BCUT2D eigenvalue weighted by atomic mass is 9.70. The van der Waals surface area contributed by atoms with Crippen LogP contribution >= 0.6 is 0 Å². The fraction of sp³-hybridized carbons (Fsp3) is 0.600. The number of nitrogens with zero attached hydrogens (tertiary/aromatic N) is 1. The molecule has 0 unspecified atom stereocenters. The van der Waals surface area contributed by atoms with E-state index in [9.17, 15) is 9.59 Å². The summed E-state index contributed by atoms with van der Waals surface area (Å²) in [5.41, 5.74) is 0.195. The predicted octanol–water partition coefficient (Wildman–Crippen LogP) is 3.94. The maximum atomic E-state index is 12.9. The first-order chi connectivity index (χ1) is 11.4. The highest BCUT2D eigenvalue weighted by Gasteiger charge is 2.39. The van der Waals surface area contributed by atoms with Gasteiger partial charge in [0.1, 0.15) is 5.75 Å². The third kappa shape index (κ3) is 4.16. The molecule has 0 aliphatic heterocycles. The van der Waals surface area contributed by atoms with E-state index >= 15 is 0 Å². The second kappa shape index (κ2) is 7.82. The fourth-order valence-corrected chi connectivity index (χ4v) is 3.65. The molecular weight excluding hydrogens is 302 g/mol. The first-order valence-electron chi connectivity index (χ1n) is 8.79. The normalized spacial score (nSPS) is 15.8. The van der Waals surface area contributed by atoms with Crippen LogP contribution < -0.4 is 4.74 Å². The van der Waals surface area contributed by atoms with Gasteiger partial charge in [-0.15, -0.1) is 0 Å². The summed E-state index contributed by atoms with van der Waals surface area (Å²) in [6, 6.07) is 7.01. The molecule has 4 nitrogen and oxygen atoms in total. The number of likely N-dealkylation sites (N-methyl/N-ethyl adjacent to an activating group) is 1. The van der Waals surface area contributed by atoms with Crippen LogP contribution in [0.4, 0.5) is 0 Å². The van der Waals surface area contributed by atoms with E-state index in [0.29, 0.717) is 11.5 Å². The van der Waals surface area contributed by atoms with Crippen molar-refractivity contribution in [3.63, 3.8) is 0 Å². The largest absolute Gasteiger partial charge is 0.497 e. The number of ether oxygens (including phenoxy) is 1. The Balaban J connectivity index is 2.00. The molecule has 4 heteroatoms. The molecule has 0 spiro atoms. The third-order valence-corrected chi connectivity index (χ3v) is 5.32. The second-order valence-electron chi connectivity index (χ2n) is 7.37. The predicted molar refractivity (Wildman–Crippen MR) is 95.3 cm³/mol.